The smallest absolute Gasteiger partial charge is 0.429 e. The highest BCUT2D eigenvalue weighted by atomic mass is 79.9. The van der Waals surface area contributed by atoms with Gasteiger partial charge in [-0.1, -0.05) is 15.9 Å². The molecule has 196 valence electrons. The van der Waals surface area contributed by atoms with E-state index in [-0.39, 0.29) is 11.5 Å². The van der Waals surface area contributed by atoms with E-state index in [4.69, 9.17) is 19.4 Å². The molecule has 10 heteroatoms. The molecule has 3 aliphatic rings. The predicted octanol–water partition coefficient (Wildman–Crippen LogP) is 5.49. The number of halogens is 2. The van der Waals surface area contributed by atoms with Crippen molar-refractivity contribution < 1.29 is 18.7 Å². The van der Waals surface area contributed by atoms with Gasteiger partial charge >= 0.3 is 12.1 Å². The first-order chi connectivity index (χ1) is 17.1. The van der Waals surface area contributed by atoms with Crippen LogP contribution in [0.15, 0.2) is 22.7 Å². The fourth-order valence-electron chi connectivity index (χ4n) is 5.64. The Hall–Kier alpha value is -2.20. The number of hydrogen-bond acceptors (Lipinski definition) is 7. The van der Waals surface area contributed by atoms with Crippen molar-refractivity contribution >= 4 is 38.7 Å². The van der Waals surface area contributed by atoms with Crippen molar-refractivity contribution in [1.29, 1.82) is 0 Å². The molecule has 1 aromatic carbocycles. The van der Waals surface area contributed by atoms with Crippen LogP contribution in [-0.4, -0.2) is 76.1 Å². The monoisotopic (exact) mass is 563 g/mol. The van der Waals surface area contributed by atoms with Crippen molar-refractivity contribution in [2.45, 2.75) is 76.6 Å². The van der Waals surface area contributed by atoms with Crippen LogP contribution in [0.3, 0.4) is 0 Å². The van der Waals surface area contributed by atoms with Crippen LogP contribution in [0, 0.1) is 0 Å². The lowest BCUT2D eigenvalue weighted by Gasteiger charge is -2.36. The van der Waals surface area contributed by atoms with Crippen LogP contribution in [0.25, 0.3) is 10.9 Å². The van der Waals surface area contributed by atoms with E-state index < -0.39 is 17.9 Å². The lowest BCUT2D eigenvalue weighted by atomic mass is 9.95. The second-order valence-electron chi connectivity index (χ2n) is 11.1. The first-order valence-corrected chi connectivity index (χ1v) is 13.7. The van der Waals surface area contributed by atoms with E-state index in [9.17, 15) is 9.18 Å². The van der Waals surface area contributed by atoms with E-state index in [2.05, 4.69) is 20.8 Å². The number of benzene rings is 1. The minimum Gasteiger partial charge on any atom is -0.461 e. The van der Waals surface area contributed by atoms with Crippen molar-refractivity contribution in [3.8, 4) is 6.01 Å². The van der Waals surface area contributed by atoms with Gasteiger partial charge in [0, 0.05) is 35.9 Å². The number of rotatable bonds is 4. The third-order valence-electron chi connectivity index (χ3n) is 7.23. The molecule has 8 nitrogen and oxygen atoms in total. The summed E-state index contributed by atoms with van der Waals surface area (Å²) in [5.74, 6) is 0.617. The summed E-state index contributed by atoms with van der Waals surface area (Å²) in [7, 11) is 0. The van der Waals surface area contributed by atoms with Crippen molar-refractivity contribution in [2.24, 2.45) is 0 Å². The van der Waals surface area contributed by atoms with Gasteiger partial charge < -0.3 is 9.47 Å². The number of anilines is 1. The number of carbonyl (C=O) groups excluding carboxylic acids is 1. The fraction of sp³-hybridized carbons (Fsp3) is 0.654. The summed E-state index contributed by atoms with van der Waals surface area (Å²) in [4.78, 5) is 25.0. The number of hydrogen-bond donors (Lipinski definition) is 0. The summed E-state index contributed by atoms with van der Waals surface area (Å²) in [6.45, 7) is 8.50. The average Bonchev–Trinajstić information content (AvgIpc) is 3.19. The highest BCUT2D eigenvalue weighted by Crippen LogP contribution is 2.40. The van der Waals surface area contributed by atoms with Gasteiger partial charge in [0.25, 0.3) is 0 Å². The molecular weight excluding hydrogens is 529 g/mol. The number of nitrogens with zero attached hydrogens (tertiary/aromatic N) is 5. The number of hydrazine groups is 1. The largest absolute Gasteiger partial charge is 0.461 e. The minimum atomic E-state index is -0.822. The quantitative estimate of drug-likeness (QED) is 0.487. The summed E-state index contributed by atoms with van der Waals surface area (Å²) in [6, 6.07) is 6.07. The number of fused-ring (bicyclic) bond motifs is 2. The maximum atomic E-state index is 14.3. The molecule has 36 heavy (non-hydrogen) atoms. The Kier molecular flexibility index (Phi) is 7.02. The number of amides is 1. The molecule has 1 amide bonds. The molecule has 4 heterocycles. The zero-order valence-corrected chi connectivity index (χ0v) is 22.9. The van der Waals surface area contributed by atoms with Crippen LogP contribution in [-0.2, 0) is 4.74 Å². The molecule has 3 aliphatic heterocycles. The maximum Gasteiger partial charge on any atom is 0.429 e. The molecule has 0 spiro atoms. The molecule has 2 atom stereocenters. The van der Waals surface area contributed by atoms with E-state index in [1.54, 1.807) is 5.01 Å². The molecule has 5 rings (SSSR count). The van der Waals surface area contributed by atoms with Crippen LogP contribution < -0.4 is 9.75 Å². The van der Waals surface area contributed by atoms with E-state index in [0.29, 0.717) is 44.0 Å². The van der Waals surface area contributed by atoms with Gasteiger partial charge in [-0.05, 0) is 77.6 Å². The zero-order chi connectivity index (χ0) is 25.5. The molecule has 0 aliphatic carbocycles. The zero-order valence-electron chi connectivity index (χ0n) is 21.3. The predicted molar refractivity (Wildman–Crippen MR) is 140 cm³/mol. The Morgan fingerprint density at radius 1 is 1.17 bits per heavy atom. The van der Waals surface area contributed by atoms with E-state index in [1.807, 2.05) is 44.0 Å². The molecule has 0 N–H and O–H groups in total. The molecule has 0 radical (unpaired) electrons. The SMILES string of the molecule is CC(C)(C)OC(=O)N1CCCCCN1c1nc(OC[C@@]23CCCN2C[C@H](F)C3)nc2cc(Br)ccc12. The molecule has 0 saturated carbocycles. The summed E-state index contributed by atoms with van der Waals surface area (Å²) >= 11 is 3.55. The van der Waals surface area contributed by atoms with Gasteiger partial charge in [0.05, 0.1) is 11.1 Å². The number of alkyl halides is 1. The average molecular weight is 565 g/mol. The molecule has 0 bridgehead atoms. The number of aromatic nitrogens is 2. The van der Waals surface area contributed by atoms with Crippen molar-refractivity contribution in [3.63, 3.8) is 0 Å². The standard InChI is InChI=1S/C26H35BrFN5O3/c1-25(2,3)36-24(34)33-13-6-4-5-12-32(33)22-20-9-8-18(27)14-21(20)29-23(30-22)35-17-26-10-7-11-31(26)16-19(28)15-26/h8-9,14,19H,4-7,10-13,15-17H2,1-3H3/t19-,26+/m1/s1. The lowest BCUT2D eigenvalue weighted by Crippen LogP contribution is -2.49. The Morgan fingerprint density at radius 3 is 2.78 bits per heavy atom. The topological polar surface area (TPSA) is 71.0 Å². The van der Waals surface area contributed by atoms with Gasteiger partial charge in [-0.3, -0.25) is 9.91 Å². The Labute approximate surface area is 220 Å². The third-order valence-corrected chi connectivity index (χ3v) is 7.72. The molecular formula is C26H35BrFN5O3. The first kappa shape index (κ1) is 25.4. The van der Waals surface area contributed by atoms with E-state index in [1.165, 1.54) is 0 Å². The van der Waals surface area contributed by atoms with Crippen LogP contribution in [0.5, 0.6) is 6.01 Å². The lowest BCUT2D eigenvalue weighted by molar-refractivity contribution is 0.0232. The normalized spacial score (nSPS) is 25.2. The van der Waals surface area contributed by atoms with Gasteiger partial charge in [0.2, 0.25) is 0 Å². The molecule has 3 saturated heterocycles. The summed E-state index contributed by atoms with van der Waals surface area (Å²) in [5, 5.41) is 4.40. The number of carbonyl (C=O) groups is 1. The van der Waals surface area contributed by atoms with Gasteiger partial charge in [-0.15, -0.1) is 0 Å². The van der Waals surface area contributed by atoms with Crippen LogP contribution in [0.2, 0.25) is 0 Å². The van der Waals surface area contributed by atoms with Crippen molar-refractivity contribution in [2.75, 3.05) is 37.8 Å². The maximum absolute atomic E-state index is 14.3. The summed E-state index contributed by atoms with van der Waals surface area (Å²) in [5.41, 5.74) is -0.182. The second-order valence-corrected chi connectivity index (χ2v) is 12.1. The summed E-state index contributed by atoms with van der Waals surface area (Å²) in [6.07, 6.45) is 4.05. The van der Waals surface area contributed by atoms with Crippen LogP contribution in [0.4, 0.5) is 15.0 Å². The molecule has 3 fully saturated rings. The number of ether oxygens (including phenoxy) is 2. The van der Waals surface area contributed by atoms with E-state index in [0.717, 1.165) is 48.5 Å². The first-order valence-electron chi connectivity index (χ1n) is 12.9. The van der Waals surface area contributed by atoms with Crippen LogP contribution >= 0.6 is 15.9 Å². The molecule has 2 aromatic rings. The highest BCUT2D eigenvalue weighted by molar-refractivity contribution is 9.10. The van der Waals surface area contributed by atoms with Gasteiger partial charge in [0.15, 0.2) is 5.82 Å². The molecule has 1 aromatic heterocycles. The summed E-state index contributed by atoms with van der Waals surface area (Å²) < 4.78 is 27.1. The van der Waals surface area contributed by atoms with Crippen molar-refractivity contribution in [3.05, 3.63) is 22.7 Å². The highest BCUT2D eigenvalue weighted by Gasteiger charge is 2.49. The molecule has 0 unspecified atom stereocenters. The minimum absolute atomic E-state index is 0.243. The Bertz CT molecular complexity index is 1130. The Morgan fingerprint density at radius 2 is 1.97 bits per heavy atom. The van der Waals surface area contributed by atoms with Gasteiger partial charge in [-0.2, -0.15) is 9.97 Å². The van der Waals surface area contributed by atoms with Gasteiger partial charge in [-0.25, -0.2) is 14.2 Å². The van der Waals surface area contributed by atoms with Crippen molar-refractivity contribution in [1.82, 2.24) is 19.9 Å². The van der Waals surface area contributed by atoms with E-state index >= 15 is 0 Å². The Balaban J connectivity index is 1.50. The second kappa shape index (κ2) is 9.93. The van der Waals surface area contributed by atoms with Crippen LogP contribution in [0.1, 0.15) is 59.3 Å². The van der Waals surface area contributed by atoms with Gasteiger partial charge in [0.1, 0.15) is 18.4 Å². The fourth-order valence-corrected chi connectivity index (χ4v) is 5.99. The third kappa shape index (κ3) is 5.25.